The molecule has 1 N–H and O–H groups in total. The molecule has 90 valence electrons. The summed E-state index contributed by atoms with van der Waals surface area (Å²) in [6.45, 7) is 5.72. The van der Waals surface area contributed by atoms with Crippen LogP contribution in [0.5, 0.6) is 0 Å². The highest BCUT2D eigenvalue weighted by atomic mass is 16.4. The average molecular weight is 233 g/mol. The van der Waals surface area contributed by atoms with Crippen molar-refractivity contribution in [3.05, 3.63) is 29.5 Å². The van der Waals surface area contributed by atoms with Gasteiger partial charge in [0.25, 0.3) is 0 Å². The maximum atomic E-state index is 10.7. The van der Waals surface area contributed by atoms with Gasteiger partial charge in [0.15, 0.2) is 0 Å². The van der Waals surface area contributed by atoms with Gasteiger partial charge in [-0.1, -0.05) is 6.92 Å². The first-order valence-corrected chi connectivity index (χ1v) is 5.52. The summed E-state index contributed by atoms with van der Waals surface area (Å²) in [4.78, 5) is 19.4. The van der Waals surface area contributed by atoms with Gasteiger partial charge in [0.1, 0.15) is 12.0 Å². The molecule has 0 bridgehead atoms. The topological polar surface area (TPSA) is 67.5 Å². The summed E-state index contributed by atoms with van der Waals surface area (Å²) in [6, 6.07) is 1.89. The monoisotopic (exact) mass is 233 g/mol. The molecular weight excluding hydrogens is 218 g/mol. The van der Waals surface area contributed by atoms with Crippen molar-refractivity contribution in [2.24, 2.45) is 0 Å². The lowest BCUT2D eigenvalue weighted by atomic mass is 10.0. The van der Waals surface area contributed by atoms with Crippen LogP contribution in [0.15, 0.2) is 12.4 Å². The molecule has 0 amide bonds. The van der Waals surface area contributed by atoms with Crippen molar-refractivity contribution in [1.82, 2.24) is 14.4 Å². The van der Waals surface area contributed by atoms with Gasteiger partial charge >= 0.3 is 5.97 Å². The van der Waals surface area contributed by atoms with Crippen LogP contribution in [0, 0.1) is 13.8 Å². The largest absolute Gasteiger partial charge is 0.481 e. The van der Waals surface area contributed by atoms with Crippen molar-refractivity contribution in [3.8, 4) is 0 Å². The van der Waals surface area contributed by atoms with E-state index in [2.05, 4.69) is 9.97 Å². The van der Waals surface area contributed by atoms with Crippen LogP contribution < -0.4 is 0 Å². The van der Waals surface area contributed by atoms with E-state index in [0.29, 0.717) is 0 Å². The highest BCUT2D eigenvalue weighted by molar-refractivity contribution is 5.68. The molecule has 1 unspecified atom stereocenters. The predicted molar refractivity (Wildman–Crippen MR) is 63.1 cm³/mol. The van der Waals surface area contributed by atoms with Gasteiger partial charge in [0.2, 0.25) is 0 Å². The minimum Gasteiger partial charge on any atom is -0.481 e. The van der Waals surface area contributed by atoms with Gasteiger partial charge in [0, 0.05) is 23.4 Å². The first-order chi connectivity index (χ1) is 7.99. The number of carbonyl (C=O) groups is 1. The molecule has 0 fully saturated rings. The van der Waals surface area contributed by atoms with Crippen molar-refractivity contribution < 1.29 is 9.90 Å². The first-order valence-electron chi connectivity index (χ1n) is 5.52. The summed E-state index contributed by atoms with van der Waals surface area (Å²) < 4.78 is 1.89. The molecule has 2 heterocycles. The van der Waals surface area contributed by atoms with Gasteiger partial charge in [-0.05, 0) is 13.8 Å². The van der Waals surface area contributed by atoms with Crippen molar-refractivity contribution in [1.29, 1.82) is 0 Å². The van der Waals surface area contributed by atoms with E-state index in [0.717, 1.165) is 22.7 Å². The van der Waals surface area contributed by atoms with Gasteiger partial charge in [-0.3, -0.25) is 9.20 Å². The highest BCUT2D eigenvalue weighted by Crippen LogP contribution is 2.23. The third-order valence-electron chi connectivity index (χ3n) is 2.88. The molecule has 5 heteroatoms. The Morgan fingerprint density at radius 3 is 2.88 bits per heavy atom. The van der Waals surface area contributed by atoms with Crippen LogP contribution in [0.2, 0.25) is 0 Å². The lowest BCUT2D eigenvalue weighted by Gasteiger charge is -2.05. The minimum atomic E-state index is -0.803. The van der Waals surface area contributed by atoms with E-state index in [4.69, 9.17) is 5.11 Å². The van der Waals surface area contributed by atoms with Gasteiger partial charge in [-0.15, -0.1) is 0 Å². The number of carboxylic acids is 1. The number of fused-ring (bicyclic) bond motifs is 1. The number of hydrogen-bond donors (Lipinski definition) is 1. The zero-order valence-corrected chi connectivity index (χ0v) is 10.1. The zero-order valence-electron chi connectivity index (χ0n) is 10.1. The summed E-state index contributed by atoms with van der Waals surface area (Å²) in [5.41, 5.74) is 3.52. The summed E-state index contributed by atoms with van der Waals surface area (Å²) >= 11 is 0. The Kier molecular flexibility index (Phi) is 2.83. The number of hydrogen-bond acceptors (Lipinski definition) is 3. The van der Waals surface area contributed by atoms with E-state index < -0.39 is 5.97 Å². The van der Waals surface area contributed by atoms with E-state index in [1.165, 1.54) is 0 Å². The summed E-state index contributed by atoms with van der Waals surface area (Å²) in [7, 11) is 0. The average Bonchev–Trinajstić information content (AvgIpc) is 2.54. The van der Waals surface area contributed by atoms with Crippen molar-refractivity contribution in [3.63, 3.8) is 0 Å². The van der Waals surface area contributed by atoms with Gasteiger partial charge in [-0.25, -0.2) is 9.97 Å². The van der Waals surface area contributed by atoms with E-state index in [-0.39, 0.29) is 12.3 Å². The molecule has 2 aromatic heterocycles. The molecule has 0 radical (unpaired) electrons. The Balaban J connectivity index is 2.48. The van der Waals surface area contributed by atoms with Crippen LogP contribution in [-0.2, 0) is 4.79 Å². The molecule has 17 heavy (non-hydrogen) atoms. The molecule has 2 rings (SSSR count). The van der Waals surface area contributed by atoms with Crippen LogP contribution in [0.1, 0.15) is 36.3 Å². The standard InChI is InChI=1S/C12H15N3O2/c1-7(4-11(16)17)12-9(3)15-6-13-8(2)5-10(15)14-12/h5-7H,4H2,1-3H3,(H,16,17). The summed E-state index contributed by atoms with van der Waals surface area (Å²) in [5.74, 6) is -0.893. The molecule has 0 aliphatic rings. The molecule has 0 saturated heterocycles. The second-order valence-electron chi connectivity index (χ2n) is 4.34. The van der Waals surface area contributed by atoms with Crippen molar-refractivity contribution in [2.45, 2.75) is 33.1 Å². The number of rotatable bonds is 3. The van der Waals surface area contributed by atoms with Crippen molar-refractivity contribution >= 4 is 11.6 Å². The lowest BCUT2D eigenvalue weighted by molar-refractivity contribution is -0.137. The first kappa shape index (κ1) is 11.6. The maximum Gasteiger partial charge on any atom is 0.304 e. The molecule has 0 aliphatic heterocycles. The van der Waals surface area contributed by atoms with Crippen LogP contribution >= 0.6 is 0 Å². The lowest BCUT2D eigenvalue weighted by Crippen LogP contribution is -2.04. The second kappa shape index (κ2) is 4.16. The SMILES string of the molecule is Cc1cc2nc(C(C)CC(=O)O)c(C)n2cn1. The Bertz CT molecular complexity index is 574. The van der Waals surface area contributed by atoms with Crippen molar-refractivity contribution in [2.75, 3.05) is 0 Å². The number of carboxylic acid groups (broad SMARTS) is 1. The quantitative estimate of drug-likeness (QED) is 0.879. The van der Waals surface area contributed by atoms with Gasteiger partial charge in [0.05, 0.1) is 12.1 Å². The Hall–Kier alpha value is -1.91. The molecule has 0 aromatic carbocycles. The van der Waals surface area contributed by atoms with E-state index in [1.807, 2.05) is 31.2 Å². The number of aromatic nitrogens is 3. The fourth-order valence-electron chi connectivity index (χ4n) is 2.00. The smallest absolute Gasteiger partial charge is 0.304 e. The Morgan fingerprint density at radius 1 is 1.53 bits per heavy atom. The number of aryl methyl sites for hydroxylation is 2. The molecular formula is C12H15N3O2. The zero-order chi connectivity index (χ0) is 12.6. The Labute approximate surface area is 99.1 Å². The van der Waals surface area contributed by atoms with Gasteiger partial charge in [-0.2, -0.15) is 0 Å². The minimum absolute atomic E-state index is 0.0901. The maximum absolute atomic E-state index is 10.7. The molecule has 5 nitrogen and oxygen atoms in total. The summed E-state index contributed by atoms with van der Waals surface area (Å²) in [5, 5.41) is 8.81. The van der Waals surface area contributed by atoms with Crippen LogP contribution in [0.4, 0.5) is 0 Å². The Morgan fingerprint density at radius 2 is 2.24 bits per heavy atom. The molecule has 0 saturated carbocycles. The normalized spacial score (nSPS) is 12.9. The predicted octanol–water partition coefficient (Wildman–Crippen LogP) is 1.92. The fourth-order valence-corrected chi connectivity index (χ4v) is 2.00. The van der Waals surface area contributed by atoms with Crippen LogP contribution in [-0.4, -0.2) is 25.4 Å². The summed E-state index contributed by atoms with van der Waals surface area (Å²) in [6.07, 6.45) is 1.82. The van der Waals surface area contributed by atoms with Crippen LogP contribution in [0.3, 0.4) is 0 Å². The van der Waals surface area contributed by atoms with E-state index >= 15 is 0 Å². The van der Waals surface area contributed by atoms with E-state index in [1.54, 1.807) is 6.33 Å². The molecule has 0 spiro atoms. The molecule has 1 atom stereocenters. The third-order valence-corrected chi connectivity index (χ3v) is 2.88. The molecule has 2 aromatic rings. The third kappa shape index (κ3) is 2.13. The second-order valence-corrected chi connectivity index (χ2v) is 4.34. The molecule has 0 aliphatic carbocycles. The van der Waals surface area contributed by atoms with Gasteiger partial charge < -0.3 is 5.11 Å². The van der Waals surface area contributed by atoms with E-state index in [9.17, 15) is 4.79 Å². The number of nitrogens with zero attached hydrogens (tertiary/aromatic N) is 3. The number of imidazole rings is 1. The number of aliphatic carboxylic acids is 1. The van der Waals surface area contributed by atoms with Crippen LogP contribution in [0.25, 0.3) is 5.65 Å². The fraction of sp³-hybridized carbons (Fsp3) is 0.417. The highest BCUT2D eigenvalue weighted by Gasteiger charge is 2.17.